The summed E-state index contributed by atoms with van der Waals surface area (Å²) in [5.41, 5.74) is 15.7. The van der Waals surface area contributed by atoms with Gasteiger partial charge in [-0.05, 0) is 95.1 Å². The van der Waals surface area contributed by atoms with Crippen molar-refractivity contribution in [1.29, 1.82) is 0 Å². The van der Waals surface area contributed by atoms with Gasteiger partial charge in [-0.3, -0.25) is 0 Å². The van der Waals surface area contributed by atoms with E-state index >= 15 is 0 Å². The van der Waals surface area contributed by atoms with E-state index in [1.165, 1.54) is 109 Å². The van der Waals surface area contributed by atoms with Gasteiger partial charge in [-0.2, -0.15) is 0 Å². The first-order valence-corrected chi connectivity index (χ1v) is 20.9. The van der Waals surface area contributed by atoms with Crippen molar-refractivity contribution in [2.24, 2.45) is 0 Å². The van der Waals surface area contributed by atoms with E-state index in [0.717, 1.165) is 5.75 Å². The molecule has 0 saturated carbocycles. The lowest BCUT2D eigenvalue weighted by atomic mass is 9.33. The molecule has 3 aliphatic rings. The third-order valence-electron chi connectivity index (χ3n) is 12.8. The molecule has 8 aromatic rings. The molecule has 3 nitrogen and oxygen atoms in total. The zero-order valence-corrected chi connectivity index (χ0v) is 34.9. The number of nitrogens with zero attached hydrogens (tertiary/aromatic N) is 2. The molecule has 56 heavy (non-hydrogen) atoms. The van der Waals surface area contributed by atoms with Crippen LogP contribution in [-0.4, -0.2) is 18.4 Å². The van der Waals surface area contributed by atoms with E-state index in [2.05, 4.69) is 175 Å². The summed E-state index contributed by atoms with van der Waals surface area (Å²) in [6.07, 6.45) is 0. The molecule has 3 aliphatic heterocycles. The number of hydrogen-bond donors (Lipinski definition) is 0. The molecule has 4 heterocycles. The van der Waals surface area contributed by atoms with Crippen molar-refractivity contribution < 1.29 is 4.74 Å². The van der Waals surface area contributed by atoms with E-state index < -0.39 is 0 Å². The van der Waals surface area contributed by atoms with Crippen LogP contribution in [0, 0.1) is 0 Å². The number of aromatic nitrogens is 1. The Kier molecular flexibility index (Phi) is 6.73. The van der Waals surface area contributed by atoms with E-state index in [0.29, 0.717) is 0 Å². The maximum absolute atomic E-state index is 6.26. The van der Waals surface area contributed by atoms with Crippen molar-refractivity contribution in [3.8, 4) is 11.4 Å². The largest absolute Gasteiger partial charge is 0.497 e. The van der Waals surface area contributed by atoms with E-state index in [1.807, 2.05) is 18.9 Å². The molecule has 5 heteroatoms. The van der Waals surface area contributed by atoms with E-state index in [1.54, 1.807) is 0 Å². The van der Waals surface area contributed by atoms with Crippen molar-refractivity contribution in [1.82, 2.24) is 4.57 Å². The molecular formula is C51H47BN2OS. The van der Waals surface area contributed by atoms with Crippen LogP contribution in [0.3, 0.4) is 0 Å². The highest BCUT2D eigenvalue weighted by atomic mass is 32.2. The first-order chi connectivity index (χ1) is 26.6. The molecule has 0 unspecified atom stereocenters. The van der Waals surface area contributed by atoms with Crippen LogP contribution < -0.4 is 26.0 Å². The Morgan fingerprint density at radius 1 is 0.554 bits per heavy atom. The van der Waals surface area contributed by atoms with Crippen LogP contribution in [0.4, 0.5) is 17.1 Å². The molecule has 0 bridgehead atoms. The van der Waals surface area contributed by atoms with Crippen molar-refractivity contribution >= 4 is 95.3 Å². The highest BCUT2D eigenvalue weighted by Crippen LogP contribution is 2.55. The van der Waals surface area contributed by atoms with Gasteiger partial charge in [0.25, 0.3) is 6.71 Å². The van der Waals surface area contributed by atoms with Gasteiger partial charge in [0.2, 0.25) is 0 Å². The molecule has 0 atom stereocenters. The molecule has 276 valence electrons. The van der Waals surface area contributed by atoms with Crippen molar-refractivity contribution in [3.63, 3.8) is 0 Å². The van der Waals surface area contributed by atoms with Gasteiger partial charge in [-0.15, -0.1) is 0 Å². The fraction of sp³-hybridized carbons (Fsp3) is 0.255. The standard InChI is InChI=1S/C51H47BN2OS/c1-49(2,3)30-17-19-35-39(23-30)54-41-27-33(55-10)26-40-46(41)52(36-21-29-16-15-28-13-11-12-14-34(28)44(29)45(35)48(36)54)37-22-32(51(7,8)9)25-43-47(37)53(40)38-20-18-31(50(4,5)6)24-42(38)56-43/h11-27H,1-10H3. The molecule has 0 fully saturated rings. The minimum absolute atomic E-state index is 0.00664. The fourth-order valence-electron chi connectivity index (χ4n) is 9.87. The average molecular weight is 747 g/mol. The quantitative estimate of drug-likeness (QED) is 0.123. The maximum Gasteiger partial charge on any atom is 0.252 e. The molecule has 1 aromatic heterocycles. The van der Waals surface area contributed by atoms with Crippen LogP contribution in [0.2, 0.25) is 0 Å². The number of ether oxygens (including phenoxy) is 1. The molecule has 0 N–H and O–H groups in total. The number of hydrogen-bond acceptors (Lipinski definition) is 3. The molecule has 0 spiro atoms. The van der Waals surface area contributed by atoms with Crippen LogP contribution in [-0.2, 0) is 16.2 Å². The summed E-state index contributed by atoms with van der Waals surface area (Å²) in [4.78, 5) is 5.20. The zero-order chi connectivity index (χ0) is 38.8. The van der Waals surface area contributed by atoms with Crippen molar-refractivity contribution in [2.45, 2.75) is 88.3 Å². The summed E-state index contributed by atoms with van der Waals surface area (Å²) in [5, 5.41) is 7.85. The summed E-state index contributed by atoms with van der Waals surface area (Å²) < 4.78 is 8.87. The highest BCUT2D eigenvalue weighted by Gasteiger charge is 2.46. The lowest BCUT2D eigenvalue weighted by Crippen LogP contribution is -2.61. The van der Waals surface area contributed by atoms with Crippen LogP contribution >= 0.6 is 11.8 Å². The molecule has 0 aliphatic carbocycles. The van der Waals surface area contributed by atoms with Gasteiger partial charge in [0.1, 0.15) is 5.75 Å². The Balaban J connectivity index is 1.36. The molecule has 7 aromatic carbocycles. The molecule has 0 amide bonds. The van der Waals surface area contributed by atoms with Crippen LogP contribution in [0.25, 0.3) is 49.0 Å². The normalized spacial score (nSPS) is 14.5. The SMILES string of the molecule is COc1cc2c3c(c1)-n1c4cc(C(C)(C)C)ccc4c4c5c(ccc6ccccc65)cc(c41)B3c1cc(C(C)(C)C)cc3c1N2c1ccc(C(C)(C)C)cc1S3. The Morgan fingerprint density at radius 3 is 1.98 bits per heavy atom. The second kappa shape index (κ2) is 11.0. The first kappa shape index (κ1) is 34.2. The minimum Gasteiger partial charge on any atom is -0.497 e. The van der Waals surface area contributed by atoms with Crippen LogP contribution in [0.15, 0.2) is 113 Å². The van der Waals surface area contributed by atoms with E-state index in [4.69, 9.17) is 4.74 Å². The number of rotatable bonds is 1. The maximum atomic E-state index is 6.26. The summed E-state index contributed by atoms with van der Waals surface area (Å²) >= 11 is 1.94. The summed E-state index contributed by atoms with van der Waals surface area (Å²) in [6.45, 7) is 21.0. The monoisotopic (exact) mass is 746 g/mol. The van der Waals surface area contributed by atoms with Gasteiger partial charge in [0.05, 0.1) is 29.5 Å². The Hall–Kier alpha value is -5.13. The minimum atomic E-state index is -0.0297. The van der Waals surface area contributed by atoms with Gasteiger partial charge in [0.15, 0.2) is 0 Å². The van der Waals surface area contributed by atoms with Gasteiger partial charge >= 0.3 is 0 Å². The summed E-state index contributed by atoms with van der Waals surface area (Å²) in [6, 6.07) is 40.2. The zero-order valence-electron chi connectivity index (χ0n) is 34.1. The highest BCUT2D eigenvalue weighted by molar-refractivity contribution is 7.99. The van der Waals surface area contributed by atoms with Gasteiger partial charge < -0.3 is 14.2 Å². The Morgan fingerprint density at radius 2 is 1.23 bits per heavy atom. The smallest absolute Gasteiger partial charge is 0.252 e. The van der Waals surface area contributed by atoms with Crippen LogP contribution in [0.1, 0.15) is 79.0 Å². The predicted molar refractivity (Wildman–Crippen MR) is 242 cm³/mol. The average Bonchev–Trinajstić information content (AvgIpc) is 3.50. The third-order valence-corrected chi connectivity index (χ3v) is 13.9. The predicted octanol–water partition coefficient (Wildman–Crippen LogP) is 12.1. The number of methoxy groups -OCH3 is 1. The number of benzene rings is 7. The van der Waals surface area contributed by atoms with Crippen LogP contribution in [0.5, 0.6) is 5.75 Å². The molecule has 0 radical (unpaired) electrons. The fourth-order valence-corrected chi connectivity index (χ4v) is 11.0. The van der Waals surface area contributed by atoms with Gasteiger partial charge in [-0.25, -0.2) is 0 Å². The third kappa shape index (κ3) is 4.55. The lowest BCUT2D eigenvalue weighted by Gasteiger charge is -2.44. The first-order valence-electron chi connectivity index (χ1n) is 20.1. The van der Waals surface area contributed by atoms with E-state index in [-0.39, 0.29) is 23.0 Å². The Labute approximate surface area is 334 Å². The molecule has 0 saturated heterocycles. The summed E-state index contributed by atoms with van der Waals surface area (Å²) in [5.74, 6) is 0.872. The Bertz CT molecular complexity index is 3060. The number of fused-ring (bicyclic) bond motifs is 13. The van der Waals surface area contributed by atoms with Gasteiger partial charge in [-0.1, -0.05) is 141 Å². The summed E-state index contributed by atoms with van der Waals surface area (Å²) in [7, 11) is 1.82. The topological polar surface area (TPSA) is 17.4 Å². The van der Waals surface area contributed by atoms with Crippen molar-refractivity contribution in [3.05, 3.63) is 120 Å². The van der Waals surface area contributed by atoms with Gasteiger partial charge in [0, 0.05) is 44.1 Å². The molecule has 11 rings (SSSR count). The van der Waals surface area contributed by atoms with Crippen molar-refractivity contribution in [2.75, 3.05) is 12.0 Å². The second-order valence-electron chi connectivity index (χ2n) is 19.4. The second-order valence-corrected chi connectivity index (χ2v) is 20.5. The molecular weight excluding hydrogens is 699 g/mol. The van der Waals surface area contributed by atoms with E-state index in [9.17, 15) is 0 Å². The number of anilines is 3. The lowest BCUT2D eigenvalue weighted by molar-refractivity contribution is 0.415.